The molecule has 60 heavy (non-hydrogen) atoms. The Balaban J connectivity index is 1.31. The number of fused-ring (bicyclic) bond motifs is 2. The molecule has 4 aliphatic rings. The summed E-state index contributed by atoms with van der Waals surface area (Å²) in [6.45, 7) is 8.56. The molecule has 2 bridgehead atoms. The molecule has 3 aromatic carbocycles. The van der Waals surface area contributed by atoms with Gasteiger partial charge in [0, 0.05) is 66.2 Å². The first-order valence-corrected chi connectivity index (χ1v) is 21.9. The van der Waals surface area contributed by atoms with E-state index in [4.69, 9.17) is 9.57 Å². The molecule has 1 aliphatic heterocycles. The second-order valence-electron chi connectivity index (χ2n) is 18.0. The van der Waals surface area contributed by atoms with Crippen molar-refractivity contribution >= 4 is 28.8 Å². The number of aliphatic hydroxyl groups excluding tert-OH is 2. The SMILES string of the molecule is COc1c(CN2O[C@@H](CO)[C@@H]([C@H](C)O)[C@H]2C(=O)N[C@H]2C[C@H]3C[C@@H]([C@@H]2C)C3(C)C)cccc1-c1cc(C(=O)N[C@H](CN(C)C)[C@@H](NS(=O)[O-])c2ccccc2)cc(N(C)C)c1. The topological polar surface area (TPSA) is 179 Å². The van der Waals surface area contributed by atoms with Gasteiger partial charge in [-0.05, 0) is 86.4 Å². The summed E-state index contributed by atoms with van der Waals surface area (Å²) < 4.78 is 32.7. The van der Waals surface area contributed by atoms with Crippen LogP contribution in [-0.2, 0) is 27.4 Å². The van der Waals surface area contributed by atoms with Crippen molar-refractivity contribution in [2.75, 3.05) is 53.4 Å². The molecule has 1 saturated heterocycles. The van der Waals surface area contributed by atoms with Gasteiger partial charge in [-0.2, -0.15) is 5.06 Å². The smallest absolute Gasteiger partial charge is 0.251 e. The number of nitrogens with one attached hydrogen (secondary N) is 3. The van der Waals surface area contributed by atoms with Crippen LogP contribution < -0.4 is 25.0 Å². The van der Waals surface area contributed by atoms with Crippen molar-refractivity contribution in [3.05, 3.63) is 83.4 Å². The average Bonchev–Trinajstić information content (AvgIpc) is 3.58. The number of para-hydroxylation sites is 1. The molecule has 4 fully saturated rings. The van der Waals surface area contributed by atoms with E-state index in [1.807, 2.05) is 92.6 Å². The first-order valence-electron chi connectivity index (χ1n) is 20.8. The van der Waals surface area contributed by atoms with Crippen LogP contribution in [0.25, 0.3) is 11.1 Å². The summed E-state index contributed by atoms with van der Waals surface area (Å²) in [7, 11) is 9.04. The highest BCUT2D eigenvalue weighted by atomic mass is 32.2. The monoisotopic (exact) mass is 847 g/mol. The Labute approximate surface area is 357 Å². The number of hydrogen-bond acceptors (Lipinski definition) is 11. The zero-order valence-electron chi connectivity index (χ0n) is 36.3. The lowest BCUT2D eigenvalue weighted by Crippen LogP contribution is -2.62. The Morgan fingerprint density at radius 1 is 1.07 bits per heavy atom. The number of nitrogens with zero attached hydrogens (tertiary/aromatic N) is 3. The van der Waals surface area contributed by atoms with Gasteiger partial charge >= 0.3 is 0 Å². The molecular formula is C45H63N6O8S-. The van der Waals surface area contributed by atoms with E-state index < -0.39 is 53.4 Å². The number of carbonyl (C=O) groups excluding carboxylic acids is 2. The van der Waals surface area contributed by atoms with Gasteiger partial charge < -0.3 is 39.9 Å². The number of hydroxylamine groups is 2. The van der Waals surface area contributed by atoms with E-state index in [2.05, 4.69) is 36.1 Å². The maximum atomic E-state index is 14.3. The first kappa shape index (κ1) is 45.6. The molecule has 3 aliphatic carbocycles. The Morgan fingerprint density at radius 3 is 2.37 bits per heavy atom. The van der Waals surface area contributed by atoms with E-state index in [9.17, 15) is 28.6 Å². The van der Waals surface area contributed by atoms with Crippen molar-refractivity contribution in [2.24, 2.45) is 29.1 Å². The maximum Gasteiger partial charge on any atom is 0.251 e. The van der Waals surface area contributed by atoms with Gasteiger partial charge in [-0.25, -0.2) is 4.72 Å². The molecule has 1 unspecified atom stereocenters. The van der Waals surface area contributed by atoms with Crippen LogP contribution in [0.1, 0.15) is 68.1 Å². The Morgan fingerprint density at radius 2 is 1.78 bits per heavy atom. The summed E-state index contributed by atoms with van der Waals surface area (Å²) in [6.07, 6.45) is 0.336. The minimum Gasteiger partial charge on any atom is -0.760 e. The van der Waals surface area contributed by atoms with E-state index in [0.29, 0.717) is 57.9 Å². The molecule has 11 atom stereocenters. The van der Waals surface area contributed by atoms with Crippen LogP contribution in [0, 0.1) is 29.1 Å². The van der Waals surface area contributed by atoms with Gasteiger partial charge in [-0.1, -0.05) is 69.3 Å². The van der Waals surface area contributed by atoms with Gasteiger partial charge in [0.15, 0.2) is 0 Å². The number of ether oxygens (including phenoxy) is 1. The molecule has 0 aromatic heterocycles. The molecule has 7 rings (SSSR count). The number of carbonyl (C=O) groups is 2. The second kappa shape index (κ2) is 19.0. The van der Waals surface area contributed by atoms with Crippen molar-refractivity contribution in [2.45, 2.75) is 83.5 Å². The highest BCUT2D eigenvalue weighted by Crippen LogP contribution is 2.61. The zero-order valence-corrected chi connectivity index (χ0v) is 37.1. The summed E-state index contributed by atoms with van der Waals surface area (Å²) in [5.41, 5.74) is 4.12. The molecule has 5 N–H and O–H groups in total. The number of methoxy groups -OCH3 is 1. The highest BCUT2D eigenvalue weighted by molar-refractivity contribution is 7.77. The molecule has 0 spiro atoms. The standard InChI is InChI=1S/C45H64N6O8S/c1-26-35-21-32(45(35,3)4)22-36(26)46-44(55)41-39(27(2)53)38(25-52)59-51(41)23-29-16-13-17-34(42(29)58-9)30-18-31(20-33(19-30)50(7)8)43(54)47-37(24-49(5)6)40(48-60(56)57)28-14-11-10-12-15-28/h10-20,26-27,32,35-41,48,52-53H,21-25H2,1-9H3,(H,46,55)(H,47,54)(H,56,57)/p-1/t26-,27-,32+,35-,36-,37+,38-,39+,40-,41-/m0/s1. The van der Waals surface area contributed by atoms with Crippen molar-refractivity contribution < 1.29 is 38.1 Å². The molecule has 15 heteroatoms. The fraction of sp³-hybridized carbons (Fsp3) is 0.556. The van der Waals surface area contributed by atoms with Crippen LogP contribution in [-0.4, -0.2) is 120 Å². The molecule has 14 nitrogen and oxygen atoms in total. The summed E-state index contributed by atoms with van der Waals surface area (Å²) in [5, 5.41) is 29.4. The number of benzene rings is 3. The normalized spacial score (nSPS) is 26.7. The molecule has 3 saturated carbocycles. The van der Waals surface area contributed by atoms with Crippen molar-refractivity contribution in [3.63, 3.8) is 0 Å². The van der Waals surface area contributed by atoms with Gasteiger partial charge in [0.1, 0.15) is 17.9 Å². The number of likely N-dealkylation sites (N-methyl/N-ethyl adjacent to an activating group) is 1. The van der Waals surface area contributed by atoms with Crippen LogP contribution in [0.4, 0.5) is 5.69 Å². The van der Waals surface area contributed by atoms with Gasteiger partial charge in [-0.3, -0.25) is 18.6 Å². The van der Waals surface area contributed by atoms with Crippen LogP contribution >= 0.6 is 0 Å². The van der Waals surface area contributed by atoms with Gasteiger partial charge in [0.05, 0.1) is 38.4 Å². The second-order valence-corrected chi connectivity index (χ2v) is 18.7. The summed E-state index contributed by atoms with van der Waals surface area (Å²) in [5.74, 6) is 0.550. The van der Waals surface area contributed by atoms with E-state index in [-0.39, 0.29) is 30.5 Å². The van der Waals surface area contributed by atoms with Crippen LogP contribution in [0.2, 0.25) is 0 Å². The third-order valence-electron chi connectivity index (χ3n) is 13.4. The maximum absolute atomic E-state index is 14.3. The van der Waals surface area contributed by atoms with E-state index in [1.54, 1.807) is 31.2 Å². The minimum absolute atomic E-state index is 0.00138. The largest absolute Gasteiger partial charge is 0.760 e. The quantitative estimate of drug-likeness (QED) is 0.125. The Hall–Kier alpha value is -3.93. The van der Waals surface area contributed by atoms with Crippen LogP contribution in [0.5, 0.6) is 5.75 Å². The van der Waals surface area contributed by atoms with Crippen LogP contribution in [0.3, 0.4) is 0 Å². The van der Waals surface area contributed by atoms with Gasteiger partial charge in [0.25, 0.3) is 5.91 Å². The number of rotatable bonds is 17. The summed E-state index contributed by atoms with van der Waals surface area (Å²) in [6, 6.07) is 18.0. The van der Waals surface area contributed by atoms with Gasteiger partial charge in [-0.15, -0.1) is 0 Å². The van der Waals surface area contributed by atoms with Crippen molar-refractivity contribution in [3.8, 4) is 16.9 Å². The lowest BCUT2D eigenvalue weighted by Gasteiger charge is -2.62. The third-order valence-corrected chi connectivity index (χ3v) is 13.8. The molecule has 2 amide bonds. The molecular weight excluding hydrogens is 785 g/mol. The predicted octanol–water partition coefficient (Wildman–Crippen LogP) is 3.87. The fourth-order valence-corrected chi connectivity index (χ4v) is 10.5. The van der Waals surface area contributed by atoms with Gasteiger partial charge in [0.2, 0.25) is 5.91 Å². The average molecular weight is 848 g/mol. The molecule has 3 aromatic rings. The first-order chi connectivity index (χ1) is 28.4. The predicted molar refractivity (Wildman–Crippen MR) is 231 cm³/mol. The van der Waals surface area contributed by atoms with E-state index in [0.717, 1.165) is 12.1 Å². The number of anilines is 1. The van der Waals surface area contributed by atoms with Crippen molar-refractivity contribution in [1.29, 1.82) is 0 Å². The molecule has 0 radical (unpaired) electrons. The summed E-state index contributed by atoms with van der Waals surface area (Å²) >= 11 is -2.61. The Bertz CT molecular complexity index is 2000. The van der Waals surface area contributed by atoms with E-state index in [1.165, 1.54) is 6.42 Å². The van der Waals surface area contributed by atoms with Crippen molar-refractivity contribution in [1.82, 2.24) is 25.3 Å². The van der Waals surface area contributed by atoms with Crippen LogP contribution in [0.15, 0.2) is 66.7 Å². The number of aliphatic hydroxyl groups is 2. The Kier molecular flexibility index (Phi) is 14.4. The summed E-state index contributed by atoms with van der Waals surface area (Å²) in [4.78, 5) is 38.7. The number of amides is 2. The third kappa shape index (κ3) is 9.58. The number of hydrogen-bond donors (Lipinski definition) is 5. The molecule has 1 heterocycles. The highest BCUT2D eigenvalue weighted by Gasteiger charge is 2.57. The van der Waals surface area contributed by atoms with E-state index >= 15 is 0 Å². The minimum atomic E-state index is -2.61. The lowest BCUT2D eigenvalue weighted by atomic mass is 9.45. The fourth-order valence-electron chi connectivity index (χ4n) is 10.0. The lowest BCUT2D eigenvalue weighted by molar-refractivity contribution is -0.183. The molecule has 328 valence electrons. The zero-order chi connectivity index (χ0) is 43.6.